The van der Waals surface area contributed by atoms with Crippen molar-refractivity contribution in [2.24, 2.45) is 5.92 Å². The van der Waals surface area contributed by atoms with E-state index in [0.717, 1.165) is 31.2 Å². The highest BCUT2D eigenvalue weighted by Crippen LogP contribution is 2.33. The van der Waals surface area contributed by atoms with Gasteiger partial charge >= 0.3 is 0 Å². The smallest absolute Gasteiger partial charge is 0.167 e. The largest absolute Gasteiger partial charge is 0.294 e. The van der Waals surface area contributed by atoms with Crippen LogP contribution in [0.4, 0.5) is 0 Å². The first-order chi connectivity index (χ1) is 7.34. The van der Waals surface area contributed by atoms with Crippen LogP contribution in [0.1, 0.15) is 47.3 Å². The van der Waals surface area contributed by atoms with E-state index in [1.165, 1.54) is 24.1 Å². The van der Waals surface area contributed by atoms with Gasteiger partial charge in [0.15, 0.2) is 5.78 Å². The second kappa shape index (κ2) is 3.44. The SMILES string of the molecule is O=C(c1cnc2c(c1)CCCC2)C1CC1. The molecule has 0 bridgehead atoms. The van der Waals surface area contributed by atoms with Crippen LogP contribution in [-0.2, 0) is 12.8 Å². The highest BCUT2D eigenvalue weighted by Gasteiger charge is 2.30. The Kier molecular flexibility index (Phi) is 2.08. The van der Waals surface area contributed by atoms with Crippen molar-refractivity contribution >= 4 is 5.78 Å². The molecular weight excluding hydrogens is 186 g/mol. The molecule has 2 heteroatoms. The summed E-state index contributed by atoms with van der Waals surface area (Å²) in [4.78, 5) is 16.3. The summed E-state index contributed by atoms with van der Waals surface area (Å²) in [5.74, 6) is 0.629. The van der Waals surface area contributed by atoms with Crippen molar-refractivity contribution in [3.8, 4) is 0 Å². The molecule has 0 N–H and O–H groups in total. The average molecular weight is 201 g/mol. The summed E-state index contributed by atoms with van der Waals surface area (Å²) in [6, 6.07) is 2.09. The van der Waals surface area contributed by atoms with Gasteiger partial charge in [-0.1, -0.05) is 0 Å². The van der Waals surface area contributed by atoms with Crippen LogP contribution in [0.5, 0.6) is 0 Å². The molecule has 0 atom stereocenters. The minimum Gasteiger partial charge on any atom is -0.294 e. The molecule has 0 aliphatic heterocycles. The molecule has 78 valence electrons. The first-order valence-electron chi connectivity index (χ1n) is 5.86. The number of nitrogens with zero attached hydrogens (tertiary/aromatic N) is 1. The summed E-state index contributed by atoms with van der Waals surface area (Å²) in [5.41, 5.74) is 3.37. The molecule has 1 fully saturated rings. The highest BCUT2D eigenvalue weighted by molar-refractivity contribution is 5.99. The molecule has 2 aliphatic carbocycles. The topological polar surface area (TPSA) is 30.0 Å². The van der Waals surface area contributed by atoms with E-state index >= 15 is 0 Å². The van der Waals surface area contributed by atoms with Crippen molar-refractivity contribution in [2.45, 2.75) is 38.5 Å². The number of fused-ring (bicyclic) bond motifs is 1. The number of carbonyl (C=O) groups excluding carboxylic acids is 1. The van der Waals surface area contributed by atoms with Gasteiger partial charge in [-0.3, -0.25) is 9.78 Å². The van der Waals surface area contributed by atoms with Gasteiger partial charge in [0.25, 0.3) is 0 Å². The van der Waals surface area contributed by atoms with Crippen LogP contribution in [0.15, 0.2) is 12.3 Å². The minimum absolute atomic E-state index is 0.313. The summed E-state index contributed by atoms with van der Waals surface area (Å²) in [6.45, 7) is 0. The van der Waals surface area contributed by atoms with Crippen LogP contribution in [0.25, 0.3) is 0 Å². The van der Waals surface area contributed by atoms with Crippen molar-refractivity contribution in [3.05, 3.63) is 29.1 Å². The normalized spacial score (nSPS) is 19.7. The number of hydrogen-bond acceptors (Lipinski definition) is 2. The van der Waals surface area contributed by atoms with E-state index in [1.807, 2.05) is 0 Å². The fourth-order valence-electron chi connectivity index (χ4n) is 2.30. The maximum atomic E-state index is 11.9. The molecule has 1 aromatic heterocycles. The van der Waals surface area contributed by atoms with Crippen LogP contribution in [-0.4, -0.2) is 10.8 Å². The Morgan fingerprint density at radius 3 is 2.87 bits per heavy atom. The standard InChI is InChI=1S/C13H15NO/c15-13(9-5-6-9)11-7-10-3-1-2-4-12(10)14-8-11/h7-9H,1-6H2. The Balaban J connectivity index is 1.92. The third-order valence-electron chi connectivity index (χ3n) is 3.40. The molecule has 0 unspecified atom stereocenters. The number of carbonyl (C=O) groups is 1. The number of ketones is 1. The zero-order chi connectivity index (χ0) is 10.3. The lowest BCUT2D eigenvalue weighted by Crippen LogP contribution is -2.09. The van der Waals surface area contributed by atoms with Gasteiger partial charge in [-0.25, -0.2) is 0 Å². The first-order valence-corrected chi connectivity index (χ1v) is 5.86. The Morgan fingerprint density at radius 2 is 2.07 bits per heavy atom. The first kappa shape index (κ1) is 9.08. The van der Waals surface area contributed by atoms with E-state index in [9.17, 15) is 4.79 Å². The molecule has 2 nitrogen and oxygen atoms in total. The lowest BCUT2D eigenvalue weighted by molar-refractivity contribution is 0.0967. The van der Waals surface area contributed by atoms with E-state index in [4.69, 9.17) is 0 Å². The fourth-order valence-corrected chi connectivity index (χ4v) is 2.30. The summed E-state index contributed by atoms with van der Waals surface area (Å²) >= 11 is 0. The Hall–Kier alpha value is -1.18. The van der Waals surface area contributed by atoms with Crippen LogP contribution in [0.2, 0.25) is 0 Å². The predicted molar refractivity (Wildman–Crippen MR) is 57.9 cm³/mol. The second-order valence-corrected chi connectivity index (χ2v) is 4.68. The number of hydrogen-bond donors (Lipinski definition) is 0. The molecule has 0 radical (unpaired) electrons. The molecule has 15 heavy (non-hydrogen) atoms. The van der Waals surface area contributed by atoms with Crippen molar-refractivity contribution < 1.29 is 4.79 Å². The molecule has 1 heterocycles. The van der Waals surface area contributed by atoms with Crippen molar-refractivity contribution in [1.29, 1.82) is 0 Å². The number of aromatic nitrogens is 1. The molecule has 0 amide bonds. The predicted octanol–water partition coefficient (Wildman–Crippen LogP) is 2.55. The molecule has 1 saturated carbocycles. The van der Waals surface area contributed by atoms with Gasteiger partial charge in [-0.15, -0.1) is 0 Å². The average Bonchev–Trinajstić information content (AvgIpc) is 3.11. The van der Waals surface area contributed by atoms with Crippen molar-refractivity contribution in [2.75, 3.05) is 0 Å². The monoisotopic (exact) mass is 201 g/mol. The Labute approximate surface area is 89.7 Å². The number of rotatable bonds is 2. The zero-order valence-corrected chi connectivity index (χ0v) is 8.83. The maximum absolute atomic E-state index is 11.9. The summed E-state index contributed by atoms with van der Waals surface area (Å²) < 4.78 is 0. The number of aryl methyl sites for hydroxylation is 2. The van der Waals surface area contributed by atoms with E-state index < -0.39 is 0 Å². The van der Waals surface area contributed by atoms with Crippen molar-refractivity contribution in [3.63, 3.8) is 0 Å². The van der Waals surface area contributed by atoms with E-state index in [1.54, 1.807) is 6.20 Å². The molecule has 0 aromatic carbocycles. The molecule has 2 aliphatic rings. The third-order valence-corrected chi connectivity index (χ3v) is 3.40. The second-order valence-electron chi connectivity index (χ2n) is 4.68. The fraction of sp³-hybridized carbons (Fsp3) is 0.538. The summed E-state index contributed by atoms with van der Waals surface area (Å²) in [6.07, 6.45) is 8.63. The zero-order valence-electron chi connectivity index (χ0n) is 8.83. The van der Waals surface area contributed by atoms with E-state index in [0.29, 0.717) is 11.7 Å². The van der Waals surface area contributed by atoms with Gasteiger partial charge < -0.3 is 0 Å². The lowest BCUT2D eigenvalue weighted by Gasteiger charge is -2.14. The highest BCUT2D eigenvalue weighted by atomic mass is 16.1. The summed E-state index contributed by atoms with van der Waals surface area (Å²) in [7, 11) is 0. The quantitative estimate of drug-likeness (QED) is 0.688. The molecule has 3 rings (SSSR count). The van der Waals surface area contributed by atoms with Crippen molar-refractivity contribution in [1.82, 2.24) is 4.98 Å². The van der Waals surface area contributed by atoms with Gasteiger partial charge in [0, 0.05) is 23.4 Å². The van der Waals surface area contributed by atoms with E-state index in [-0.39, 0.29) is 0 Å². The molecule has 1 aromatic rings. The van der Waals surface area contributed by atoms with Gasteiger partial charge in [0.1, 0.15) is 0 Å². The van der Waals surface area contributed by atoms with Crippen LogP contribution in [0, 0.1) is 5.92 Å². The minimum atomic E-state index is 0.313. The van der Waals surface area contributed by atoms with E-state index in [2.05, 4.69) is 11.1 Å². The van der Waals surface area contributed by atoms with Crippen LogP contribution < -0.4 is 0 Å². The van der Waals surface area contributed by atoms with Gasteiger partial charge in [0.05, 0.1) is 0 Å². The lowest BCUT2D eigenvalue weighted by atomic mass is 9.94. The molecule has 0 saturated heterocycles. The number of Topliss-reactive ketones (excluding diaryl/α,β-unsaturated/α-hetero) is 1. The maximum Gasteiger partial charge on any atom is 0.167 e. The van der Waals surface area contributed by atoms with Gasteiger partial charge in [0.2, 0.25) is 0 Å². The van der Waals surface area contributed by atoms with Crippen LogP contribution >= 0.6 is 0 Å². The third kappa shape index (κ3) is 1.69. The molecule has 0 spiro atoms. The van der Waals surface area contributed by atoms with Gasteiger partial charge in [-0.05, 0) is 50.2 Å². The summed E-state index contributed by atoms with van der Waals surface area (Å²) in [5, 5.41) is 0. The number of pyridine rings is 1. The Morgan fingerprint density at radius 1 is 1.27 bits per heavy atom. The molecular formula is C13H15NO. The Bertz CT molecular complexity index is 407. The van der Waals surface area contributed by atoms with Gasteiger partial charge in [-0.2, -0.15) is 0 Å². The van der Waals surface area contributed by atoms with Crippen LogP contribution in [0.3, 0.4) is 0 Å².